The first-order valence-electron chi connectivity index (χ1n) is 7.48. The first-order valence-corrected chi connectivity index (χ1v) is 7.48. The summed E-state index contributed by atoms with van der Waals surface area (Å²) >= 11 is 0. The summed E-state index contributed by atoms with van der Waals surface area (Å²) in [6.45, 7) is 17.2. The predicted octanol–water partition coefficient (Wildman–Crippen LogP) is 3.30. The highest BCUT2D eigenvalue weighted by Gasteiger charge is 2.35. The Morgan fingerprint density at radius 1 is 1.39 bits per heavy atom. The molecule has 0 aromatic heterocycles. The molecular weight excluding hydrogens is 220 g/mol. The minimum atomic E-state index is 0.342. The van der Waals surface area contributed by atoms with Crippen LogP contribution in [0.1, 0.15) is 48.0 Å². The van der Waals surface area contributed by atoms with Crippen LogP contribution in [-0.4, -0.2) is 36.6 Å². The third-order valence-corrected chi connectivity index (χ3v) is 4.38. The number of nitrogens with zero attached hydrogens (tertiary/aromatic N) is 1. The van der Waals surface area contributed by atoms with Gasteiger partial charge in [0, 0.05) is 31.7 Å². The molecule has 0 aromatic carbocycles. The molecule has 1 fully saturated rings. The minimum absolute atomic E-state index is 0.342. The highest BCUT2D eigenvalue weighted by atomic mass is 15.2. The first kappa shape index (κ1) is 15.7. The van der Waals surface area contributed by atoms with Gasteiger partial charge in [-0.2, -0.15) is 0 Å². The average Bonchev–Trinajstić information content (AvgIpc) is 2.34. The lowest BCUT2D eigenvalue weighted by Gasteiger charge is -2.46. The number of nitrogens with one attached hydrogen (secondary N) is 1. The van der Waals surface area contributed by atoms with Crippen LogP contribution >= 0.6 is 0 Å². The van der Waals surface area contributed by atoms with E-state index in [1.54, 1.807) is 0 Å². The highest BCUT2D eigenvalue weighted by molar-refractivity contribution is 4.96. The summed E-state index contributed by atoms with van der Waals surface area (Å²) in [6.07, 6.45) is 5.72. The molecule has 0 bridgehead atoms. The molecular formula is C16H32N2. The van der Waals surface area contributed by atoms with Crippen LogP contribution in [0.2, 0.25) is 0 Å². The maximum Gasteiger partial charge on any atom is 0.0250 e. The largest absolute Gasteiger partial charge is 0.311 e. The summed E-state index contributed by atoms with van der Waals surface area (Å²) in [6, 6.07) is 1.29. The Morgan fingerprint density at radius 2 is 2.06 bits per heavy atom. The van der Waals surface area contributed by atoms with Crippen LogP contribution in [0.3, 0.4) is 0 Å². The van der Waals surface area contributed by atoms with Crippen LogP contribution in [-0.2, 0) is 0 Å². The van der Waals surface area contributed by atoms with Crippen LogP contribution in [0.25, 0.3) is 0 Å². The number of hydrogen-bond acceptors (Lipinski definition) is 2. The molecule has 0 radical (unpaired) electrons. The second-order valence-corrected chi connectivity index (χ2v) is 6.80. The summed E-state index contributed by atoms with van der Waals surface area (Å²) < 4.78 is 0. The van der Waals surface area contributed by atoms with Crippen molar-refractivity contribution in [3.8, 4) is 0 Å². The predicted molar refractivity (Wildman–Crippen MR) is 80.9 cm³/mol. The quantitative estimate of drug-likeness (QED) is 0.772. The van der Waals surface area contributed by atoms with E-state index in [-0.39, 0.29) is 0 Å². The Bertz CT molecular complexity index is 265. The summed E-state index contributed by atoms with van der Waals surface area (Å²) in [5.41, 5.74) is 0.342. The second-order valence-electron chi connectivity index (χ2n) is 6.80. The average molecular weight is 252 g/mol. The minimum Gasteiger partial charge on any atom is -0.311 e. The monoisotopic (exact) mass is 252 g/mol. The molecule has 0 spiro atoms. The van der Waals surface area contributed by atoms with E-state index in [0.29, 0.717) is 17.5 Å². The van der Waals surface area contributed by atoms with Crippen molar-refractivity contribution in [3.05, 3.63) is 12.2 Å². The Labute approximate surface area is 114 Å². The molecule has 106 valence electrons. The standard InChI is InChI=1S/C16H32N2/c1-7-9-10-18-12-15(16(4,5)6)17-11-14(18)13(3)8-2/h7,9,13-15,17H,8,10-12H2,1-6H3/b9-7+. The van der Waals surface area contributed by atoms with E-state index in [0.717, 1.165) is 19.0 Å². The van der Waals surface area contributed by atoms with E-state index < -0.39 is 0 Å². The van der Waals surface area contributed by atoms with Gasteiger partial charge in [0.2, 0.25) is 0 Å². The van der Waals surface area contributed by atoms with Crippen LogP contribution < -0.4 is 5.32 Å². The van der Waals surface area contributed by atoms with E-state index >= 15 is 0 Å². The molecule has 0 aromatic rings. The number of rotatable bonds is 4. The van der Waals surface area contributed by atoms with Gasteiger partial charge < -0.3 is 5.32 Å². The summed E-state index contributed by atoms with van der Waals surface area (Å²) in [4.78, 5) is 2.67. The van der Waals surface area contributed by atoms with Crippen molar-refractivity contribution in [3.63, 3.8) is 0 Å². The molecule has 1 saturated heterocycles. The van der Waals surface area contributed by atoms with Crippen molar-refractivity contribution in [1.29, 1.82) is 0 Å². The van der Waals surface area contributed by atoms with Gasteiger partial charge in [0.25, 0.3) is 0 Å². The molecule has 1 N–H and O–H groups in total. The van der Waals surface area contributed by atoms with Crippen molar-refractivity contribution in [2.75, 3.05) is 19.6 Å². The third kappa shape index (κ3) is 4.10. The summed E-state index contributed by atoms with van der Waals surface area (Å²) in [5, 5.41) is 3.77. The Morgan fingerprint density at radius 3 is 2.56 bits per heavy atom. The van der Waals surface area contributed by atoms with Gasteiger partial charge in [0.15, 0.2) is 0 Å². The fraction of sp³-hybridized carbons (Fsp3) is 0.875. The number of allylic oxidation sites excluding steroid dienone is 1. The molecule has 1 rings (SSSR count). The van der Waals surface area contributed by atoms with Crippen molar-refractivity contribution < 1.29 is 0 Å². The van der Waals surface area contributed by atoms with E-state index in [4.69, 9.17) is 0 Å². The lowest BCUT2D eigenvalue weighted by atomic mass is 9.83. The maximum absolute atomic E-state index is 3.77. The molecule has 0 amide bonds. The van der Waals surface area contributed by atoms with Crippen LogP contribution in [0, 0.1) is 11.3 Å². The molecule has 2 heteroatoms. The zero-order chi connectivity index (χ0) is 13.8. The van der Waals surface area contributed by atoms with E-state index in [1.807, 2.05) is 0 Å². The zero-order valence-electron chi connectivity index (χ0n) is 13.2. The van der Waals surface area contributed by atoms with Crippen molar-refractivity contribution in [1.82, 2.24) is 10.2 Å². The van der Waals surface area contributed by atoms with Gasteiger partial charge in [0.1, 0.15) is 0 Å². The maximum atomic E-state index is 3.77. The molecule has 3 unspecified atom stereocenters. The van der Waals surface area contributed by atoms with E-state index in [9.17, 15) is 0 Å². The molecule has 0 saturated carbocycles. The molecule has 1 heterocycles. The van der Waals surface area contributed by atoms with E-state index in [1.165, 1.54) is 13.0 Å². The lowest BCUT2D eigenvalue weighted by Crippen LogP contribution is -2.61. The molecule has 2 nitrogen and oxygen atoms in total. The summed E-state index contributed by atoms with van der Waals surface area (Å²) in [7, 11) is 0. The van der Waals surface area contributed by atoms with Gasteiger partial charge in [-0.3, -0.25) is 4.90 Å². The van der Waals surface area contributed by atoms with E-state index in [2.05, 4.69) is 63.9 Å². The number of piperazine rings is 1. The normalized spacial score (nSPS) is 28.8. The Kier molecular flexibility index (Phi) is 5.87. The molecule has 1 aliphatic rings. The van der Waals surface area contributed by atoms with Gasteiger partial charge in [-0.15, -0.1) is 0 Å². The Hall–Kier alpha value is -0.340. The molecule has 0 aliphatic carbocycles. The van der Waals surface area contributed by atoms with Crippen molar-refractivity contribution in [2.24, 2.45) is 11.3 Å². The molecule has 1 aliphatic heterocycles. The fourth-order valence-electron chi connectivity index (χ4n) is 2.69. The lowest BCUT2D eigenvalue weighted by molar-refractivity contribution is 0.0678. The van der Waals surface area contributed by atoms with Gasteiger partial charge in [-0.25, -0.2) is 0 Å². The zero-order valence-corrected chi connectivity index (χ0v) is 13.2. The van der Waals surface area contributed by atoms with Crippen molar-refractivity contribution >= 4 is 0 Å². The summed E-state index contributed by atoms with van der Waals surface area (Å²) in [5.74, 6) is 0.767. The topological polar surface area (TPSA) is 15.3 Å². The smallest absolute Gasteiger partial charge is 0.0250 e. The second kappa shape index (κ2) is 6.72. The van der Waals surface area contributed by atoms with Gasteiger partial charge in [-0.05, 0) is 18.3 Å². The SMILES string of the molecule is C/C=C/CN1CC(C(C)(C)C)NCC1C(C)CC. The third-order valence-electron chi connectivity index (χ3n) is 4.38. The van der Waals surface area contributed by atoms with Crippen LogP contribution in [0.5, 0.6) is 0 Å². The van der Waals surface area contributed by atoms with Gasteiger partial charge in [0.05, 0.1) is 0 Å². The van der Waals surface area contributed by atoms with Gasteiger partial charge in [-0.1, -0.05) is 53.2 Å². The fourth-order valence-corrected chi connectivity index (χ4v) is 2.69. The van der Waals surface area contributed by atoms with Crippen LogP contribution in [0.4, 0.5) is 0 Å². The number of hydrogen-bond donors (Lipinski definition) is 1. The first-order chi connectivity index (χ1) is 8.40. The Balaban J connectivity index is 2.72. The van der Waals surface area contributed by atoms with Crippen molar-refractivity contribution in [2.45, 2.75) is 60.0 Å². The van der Waals surface area contributed by atoms with Crippen LogP contribution in [0.15, 0.2) is 12.2 Å². The highest BCUT2D eigenvalue weighted by Crippen LogP contribution is 2.26. The van der Waals surface area contributed by atoms with Gasteiger partial charge >= 0.3 is 0 Å². The molecule has 18 heavy (non-hydrogen) atoms. The molecule has 3 atom stereocenters.